The van der Waals surface area contributed by atoms with E-state index in [1.54, 1.807) is 0 Å². The molecule has 0 aromatic heterocycles. The summed E-state index contributed by atoms with van der Waals surface area (Å²) in [7, 11) is 0. The minimum Gasteiger partial charge on any atom is -0.391 e. The first kappa shape index (κ1) is 14.0. The van der Waals surface area contributed by atoms with Gasteiger partial charge < -0.3 is 16.2 Å². The Bertz CT molecular complexity index is 417. The van der Waals surface area contributed by atoms with Gasteiger partial charge in [-0.25, -0.2) is 0 Å². The van der Waals surface area contributed by atoms with Crippen molar-refractivity contribution in [2.75, 3.05) is 6.54 Å². The van der Waals surface area contributed by atoms with Crippen molar-refractivity contribution in [2.24, 2.45) is 17.6 Å². The number of aliphatic hydroxyl groups excluding tert-OH is 1. The molecule has 0 saturated heterocycles. The summed E-state index contributed by atoms with van der Waals surface area (Å²) in [5, 5.41) is 12.5. The van der Waals surface area contributed by atoms with Crippen LogP contribution >= 0.6 is 0 Å². The molecule has 1 aromatic rings. The summed E-state index contributed by atoms with van der Waals surface area (Å²) in [6.45, 7) is 2.14. The Hall–Kier alpha value is -1.39. The average molecular weight is 262 g/mol. The molecule has 1 aliphatic rings. The topological polar surface area (TPSA) is 75.3 Å². The lowest BCUT2D eigenvalue weighted by Crippen LogP contribution is -2.39. The van der Waals surface area contributed by atoms with Crippen LogP contribution in [0, 0.1) is 11.8 Å². The van der Waals surface area contributed by atoms with Crippen molar-refractivity contribution in [3.05, 3.63) is 35.9 Å². The fraction of sp³-hybridized carbons (Fsp3) is 0.533. The van der Waals surface area contributed by atoms with E-state index in [4.69, 9.17) is 5.73 Å². The molecule has 0 bridgehead atoms. The molecule has 0 aliphatic heterocycles. The third-order valence-electron chi connectivity index (χ3n) is 3.79. The summed E-state index contributed by atoms with van der Waals surface area (Å²) < 4.78 is 0. The number of benzene rings is 1. The Morgan fingerprint density at radius 3 is 2.63 bits per heavy atom. The first-order chi connectivity index (χ1) is 9.09. The average Bonchev–Trinajstić information content (AvgIpc) is 3.28. The highest BCUT2D eigenvalue weighted by Gasteiger charge is 2.30. The Morgan fingerprint density at radius 1 is 1.42 bits per heavy atom. The summed E-state index contributed by atoms with van der Waals surface area (Å²) in [6.07, 6.45) is 1.72. The van der Waals surface area contributed by atoms with E-state index in [0.717, 1.165) is 18.4 Å². The van der Waals surface area contributed by atoms with E-state index in [0.29, 0.717) is 12.5 Å². The highest BCUT2D eigenvalue weighted by molar-refractivity contribution is 5.79. The number of rotatable bonds is 6. The zero-order valence-electron chi connectivity index (χ0n) is 11.3. The van der Waals surface area contributed by atoms with Gasteiger partial charge in [0.25, 0.3) is 0 Å². The number of carbonyl (C=O) groups is 1. The van der Waals surface area contributed by atoms with Crippen molar-refractivity contribution in [3.63, 3.8) is 0 Å². The Labute approximate surface area is 114 Å². The van der Waals surface area contributed by atoms with E-state index in [1.165, 1.54) is 0 Å². The van der Waals surface area contributed by atoms with Gasteiger partial charge in [0.2, 0.25) is 5.91 Å². The second kappa shape index (κ2) is 6.17. The Balaban J connectivity index is 1.84. The van der Waals surface area contributed by atoms with Gasteiger partial charge in [0.15, 0.2) is 0 Å². The van der Waals surface area contributed by atoms with Crippen LogP contribution in [0.1, 0.15) is 31.4 Å². The van der Waals surface area contributed by atoms with Gasteiger partial charge in [-0.1, -0.05) is 37.3 Å². The van der Waals surface area contributed by atoms with Gasteiger partial charge in [0, 0.05) is 12.6 Å². The van der Waals surface area contributed by atoms with Crippen LogP contribution in [-0.2, 0) is 4.79 Å². The molecule has 1 aromatic carbocycles. The third kappa shape index (κ3) is 3.78. The minimum atomic E-state index is -0.413. The molecule has 0 heterocycles. The maximum atomic E-state index is 12.0. The van der Waals surface area contributed by atoms with E-state index in [2.05, 4.69) is 5.32 Å². The highest BCUT2D eigenvalue weighted by Crippen LogP contribution is 2.32. The van der Waals surface area contributed by atoms with E-state index >= 15 is 0 Å². The molecule has 2 rings (SSSR count). The number of hydrogen-bond donors (Lipinski definition) is 3. The number of aliphatic hydroxyl groups is 1. The predicted octanol–water partition coefficient (Wildman–Crippen LogP) is 1.21. The molecule has 0 radical (unpaired) electrons. The monoisotopic (exact) mass is 262 g/mol. The van der Waals surface area contributed by atoms with Gasteiger partial charge in [0.1, 0.15) is 0 Å². The molecule has 1 fully saturated rings. The van der Waals surface area contributed by atoms with Crippen LogP contribution < -0.4 is 11.1 Å². The summed E-state index contributed by atoms with van der Waals surface area (Å²) >= 11 is 0. The van der Waals surface area contributed by atoms with Crippen molar-refractivity contribution < 1.29 is 9.90 Å². The maximum absolute atomic E-state index is 12.0. The minimum absolute atomic E-state index is 0.101. The van der Waals surface area contributed by atoms with Crippen LogP contribution in [0.15, 0.2) is 30.3 Å². The molecule has 1 amide bonds. The lowest BCUT2D eigenvalue weighted by atomic mass is 9.94. The van der Waals surface area contributed by atoms with Crippen LogP contribution in [0.4, 0.5) is 0 Å². The maximum Gasteiger partial charge on any atom is 0.224 e. The van der Waals surface area contributed by atoms with Gasteiger partial charge in [-0.3, -0.25) is 4.79 Å². The van der Waals surface area contributed by atoms with Gasteiger partial charge in [-0.2, -0.15) is 0 Å². The van der Waals surface area contributed by atoms with E-state index in [1.807, 2.05) is 37.3 Å². The van der Waals surface area contributed by atoms with Gasteiger partial charge in [0.05, 0.1) is 12.0 Å². The second-order valence-corrected chi connectivity index (χ2v) is 5.38. The van der Waals surface area contributed by atoms with Crippen molar-refractivity contribution in [1.29, 1.82) is 0 Å². The Kier molecular flexibility index (Phi) is 4.56. The van der Waals surface area contributed by atoms with Gasteiger partial charge in [-0.05, 0) is 24.3 Å². The normalized spacial score (nSPS) is 19.5. The molecule has 4 N–H and O–H groups in total. The smallest absolute Gasteiger partial charge is 0.224 e. The standard InChI is InChI=1S/C15H22N2O2/c1-10(14(16)12-5-3-2-4-6-12)15(19)17-9-13(18)11-7-8-11/h2-6,10-11,13-14,18H,7-9,16H2,1H3,(H,17,19). The molecule has 1 saturated carbocycles. The summed E-state index contributed by atoms with van der Waals surface area (Å²) in [4.78, 5) is 12.0. The van der Waals surface area contributed by atoms with Crippen molar-refractivity contribution in [1.82, 2.24) is 5.32 Å². The molecular weight excluding hydrogens is 240 g/mol. The number of hydrogen-bond acceptors (Lipinski definition) is 3. The largest absolute Gasteiger partial charge is 0.391 e. The SMILES string of the molecule is CC(C(=O)NCC(O)C1CC1)C(N)c1ccccc1. The zero-order chi connectivity index (χ0) is 13.8. The molecule has 1 aliphatic carbocycles. The van der Waals surface area contributed by atoms with Crippen LogP contribution in [0.3, 0.4) is 0 Å². The third-order valence-corrected chi connectivity index (χ3v) is 3.79. The van der Waals surface area contributed by atoms with Crippen LogP contribution in [-0.4, -0.2) is 23.7 Å². The number of carbonyl (C=O) groups excluding carboxylic acids is 1. The fourth-order valence-corrected chi connectivity index (χ4v) is 2.14. The van der Waals surface area contributed by atoms with Crippen LogP contribution in [0.5, 0.6) is 0 Å². The number of nitrogens with two attached hydrogens (primary N) is 1. The van der Waals surface area contributed by atoms with Gasteiger partial charge >= 0.3 is 0 Å². The lowest BCUT2D eigenvalue weighted by molar-refractivity contribution is -0.125. The lowest BCUT2D eigenvalue weighted by Gasteiger charge is -2.20. The number of amides is 1. The molecule has 3 unspecified atom stereocenters. The second-order valence-electron chi connectivity index (χ2n) is 5.38. The first-order valence-corrected chi connectivity index (χ1v) is 6.86. The summed E-state index contributed by atoms with van der Waals surface area (Å²) in [6, 6.07) is 9.28. The fourth-order valence-electron chi connectivity index (χ4n) is 2.14. The van der Waals surface area contributed by atoms with Crippen molar-refractivity contribution in [2.45, 2.75) is 31.9 Å². The van der Waals surface area contributed by atoms with Crippen LogP contribution in [0.2, 0.25) is 0 Å². The quantitative estimate of drug-likeness (QED) is 0.721. The Morgan fingerprint density at radius 2 is 2.05 bits per heavy atom. The molecule has 4 nitrogen and oxygen atoms in total. The van der Waals surface area contributed by atoms with E-state index in [-0.39, 0.29) is 17.9 Å². The number of nitrogens with one attached hydrogen (secondary N) is 1. The summed E-state index contributed by atoms with van der Waals surface area (Å²) in [5.74, 6) is -0.0386. The van der Waals surface area contributed by atoms with E-state index in [9.17, 15) is 9.90 Å². The molecule has 19 heavy (non-hydrogen) atoms. The molecule has 3 atom stereocenters. The van der Waals surface area contributed by atoms with Crippen molar-refractivity contribution in [3.8, 4) is 0 Å². The molecule has 0 spiro atoms. The van der Waals surface area contributed by atoms with E-state index < -0.39 is 6.10 Å². The molecule has 104 valence electrons. The first-order valence-electron chi connectivity index (χ1n) is 6.86. The van der Waals surface area contributed by atoms with Gasteiger partial charge in [-0.15, -0.1) is 0 Å². The highest BCUT2D eigenvalue weighted by atomic mass is 16.3. The van der Waals surface area contributed by atoms with Crippen molar-refractivity contribution >= 4 is 5.91 Å². The molecule has 4 heteroatoms. The molecular formula is C15H22N2O2. The predicted molar refractivity (Wildman–Crippen MR) is 74.3 cm³/mol. The van der Waals surface area contributed by atoms with Crippen LogP contribution in [0.25, 0.3) is 0 Å². The zero-order valence-corrected chi connectivity index (χ0v) is 11.3. The summed E-state index contributed by atoms with van der Waals surface area (Å²) in [5.41, 5.74) is 7.05.